The van der Waals surface area contributed by atoms with Gasteiger partial charge in [0, 0.05) is 25.2 Å². The number of likely N-dealkylation sites (tertiary alicyclic amines) is 1. The molecule has 2 aliphatic heterocycles. The molecule has 0 amide bonds. The van der Waals surface area contributed by atoms with E-state index in [0.717, 1.165) is 49.4 Å². The van der Waals surface area contributed by atoms with Crippen molar-refractivity contribution in [1.82, 2.24) is 4.90 Å². The summed E-state index contributed by atoms with van der Waals surface area (Å²) in [6, 6.07) is 16.4. The highest BCUT2D eigenvalue weighted by Crippen LogP contribution is 2.50. The molecule has 1 unspecified atom stereocenters. The van der Waals surface area contributed by atoms with Crippen molar-refractivity contribution in [2.75, 3.05) is 26.8 Å². The van der Waals surface area contributed by atoms with Gasteiger partial charge in [0.05, 0.1) is 19.3 Å². The first-order valence-corrected chi connectivity index (χ1v) is 9.94. The van der Waals surface area contributed by atoms with Crippen LogP contribution in [0, 0.1) is 0 Å². The summed E-state index contributed by atoms with van der Waals surface area (Å²) >= 11 is 0. The lowest BCUT2D eigenvalue weighted by molar-refractivity contribution is -0.172. The molecule has 4 rings (SSSR count). The largest absolute Gasteiger partial charge is 0.497 e. The standard InChI is InChI=1S/C23H27NO4/c1-3-27-22(25)21-19-15-18(26-2)9-10-20(19)23(28-21)11-13-24(14-12-23)16-17-7-5-4-6-8-17/h4-10,15,21H,3,11-14,16H2,1-2H3. The average molecular weight is 381 g/mol. The van der Waals surface area contributed by atoms with E-state index in [0.29, 0.717) is 6.61 Å². The van der Waals surface area contributed by atoms with Crippen molar-refractivity contribution in [3.05, 3.63) is 65.2 Å². The summed E-state index contributed by atoms with van der Waals surface area (Å²) in [5.74, 6) is 0.413. The average Bonchev–Trinajstić information content (AvgIpc) is 3.04. The Hall–Kier alpha value is -2.37. The van der Waals surface area contributed by atoms with Gasteiger partial charge in [-0.1, -0.05) is 36.4 Å². The summed E-state index contributed by atoms with van der Waals surface area (Å²) < 4.78 is 17.1. The van der Waals surface area contributed by atoms with Crippen LogP contribution in [0.1, 0.15) is 42.6 Å². The predicted molar refractivity (Wildman–Crippen MR) is 106 cm³/mol. The monoisotopic (exact) mass is 381 g/mol. The molecule has 0 bridgehead atoms. The van der Waals surface area contributed by atoms with Gasteiger partial charge < -0.3 is 14.2 Å². The third-order valence-electron chi connectivity index (χ3n) is 5.79. The minimum Gasteiger partial charge on any atom is -0.497 e. The molecule has 0 saturated carbocycles. The van der Waals surface area contributed by atoms with E-state index in [2.05, 4.69) is 35.2 Å². The van der Waals surface area contributed by atoms with Gasteiger partial charge in [0.15, 0.2) is 6.10 Å². The van der Waals surface area contributed by atoms with E-state index in [1.54, 1.807) is 7.11 Å². The van der Waals surface area contributed by atoms with Gasteiger partial charge in [0.1, 0.15) is 5.75 Å². The number of nitrogens with zero attached hydrogens (tertiary/aromatic N) is 1. The van der Waals surface area contributed by atoms with Gasteiger partial charge >= 0.3 is 5.97 Å². The zero-order valence-electron chi connectivity index (χ0n) is 16.5. The lowest BCUT2D eigenvalue weighted by Gasteiger charge is -2.39. The van der Waals surface area contributed by atoms with Crippen LogP contribution in [0.4, 0.5) is 0 Å². The minimum atomic E-state index is -0.675. The van der Waals surface area contributed by atoms with Crippen LogP contribution < -0.4 is 4.74 Å². The number of ether oxygens (including phenoxy) is 3. The van der Waals surface area contributed by atoms with E-state index in [-0.39, 0.29) is 5.97 Å². The molecule has 2 aromatic rings. The second kappa shape index (κ2) is 7.94. The van der Waals surface area contributed by atoms with E-state index < -0.39 is 11.7 Å². The number of hydrogen-bond donors (Lipinski definition) is 0. The third-order valence-corrected chi connectivity index (χ3v) is 5.79. The molecule has 0 radical (unpaired) electrons. The van der Waals surface area contributed by atoms with Gasteiger partial charge in [0.2, 0.25) is 0 Å². The number of carbonyl (C=O) groups excluding carboxylic acids is 1. The van der Waals surface area contributed by atoms with Gasteiger partial charge in [-0.3, -0.25) is 4.90 Å². The van der Waals surface area contributed by atoms with Crippen LogP contribution >= 0.6 is 0 Å². The van der Waals surface area contributed by atoms with E-state index in [9.17, 15) is 4.79 Å². The number of rotatable bonds is 5. The maximum absolute atomic E-state index is 12.5. The summed E-state index contributed by atoms with van der Waals surface area (Å²) in [7, 11) is 1.63. The first kappa shape index (κ1) is 19.0. The third kappa shape index (κ3) is 3.52. The molecule has 1 fully saturated rings. The highest BCUT2D eigenvalue weighted by atomic mass is 16.6. The van der Waals surface area contributed by atoms with E-state index in [1.807, 2.05) is 25.1 Å². The molecule has 1 spiro atoms. The SMILES string of the molecule is CCOC(=O)C1OC2(CCN(Cc3ccccc3)CC2)c2ccc(OC)cc21. The first-order valence-electron chi connectivity index (χ1n) is 9.94. The molecule has 0 N–H and O–H groups in total. The van der Waals surface area contributed by atoms with Crippen molar-refractivity contribution in [1.29, 1.82) is 0 Å². The smallest absolute Gasteiger partial charge is 0.339 e. The zero-order chi connectivity index (χ0) is 19.6. The number of esters is 1. The Morgan fingerprint density at radius 2 is 1.93 bits per heavy atom. The van der Waals surface area contributed by atoms with Gasteiger partial charge in [-0.2, -0.15) is 0 Å². The minimum absolute atomic E-state index is 0.319. The van der Waals surface area contributed by atoms with Gasteiger partial charge in [0.25, 0.3) is 0 Å². The van der Waals surface area contributed by atoms with Crippen LogP contribution in [0.5, 0.6) is 5.75 Å². The molecule has 0 aromatic heterocycles. The van der Waals surface area contributed by atoms with E-state index >= 15 is 0 Å². The molecule has 1 atom stereocenters. The second-order valence-corrected chi connectivity index (χ2v) is 7.46. The quantitative estimate of drug-likeness (QED) is 0.737. The molecule has 5 heteroatoms. The summed E-state index contributed by atoms with van der Waals surface area (Å²) in [5.41, 5.74) is 2.88. The van der Waals surface area contributed by atoms with Crippen molar-refractivity contribution in [2.24, 2.45) is 0 Å². The molecule has 0 aliphatic carbocycles. The van der Waals surface area contributed by atoms with Crippen LogP contribution in [0.2, 0.25) is 0 Å². The van der Waals surface area contributed by atoms with Crippen LogP contribution in [-0.4, -0.2) is 37.7 Å². The van der Waals surface area contributed by atoms with Crippen molar-refractivity contribution >= 4 is 5.97 Å². The Bertz CT molecular complexity index is 828. The molecule has 5 nitrogen and oxygen atoms in total. The Balaban J connectivity index is 1.54. The molecule has 28 heavy (non-hydrogen) atoms. The second-order valence-electron chi connectivity index (χ2n) is 7.46. The molecular weight excluding hydrogens is 354 g/mol. The maximum Gasteiger partial charge on any atom is 0.339 e. The van der Waals surface area contributed by atoms with Crippen LogP contribution in [0.15, 0.2) is 48.5 Å². The van der Waals surface area contributed by atoms with Crippen molar-refractivity contribution in [2.45, 2.75) is 38.0 Å². The molecule has 148 valence electrons. The molecule has 1 saturated heterocycles. The maximum atomic E-state index is 12.5. The predicted octanol–water partition coefficient (Wildman–Crippen LogP) is 3.82. The lowest BCUT2D eigenvalue weighted by Crippen LogP contribution is -2.42. The fourth-order valence-electron chi connectivity index (χ4n) is 4.35. The normalized spacial score (nSPS) is 20.7. The summed E-state index contributed by atoms with van der Waals surface area (Å²) in [6.45, 7) is 4.95. The zero-order valence-corrected chi connectivity index (χ0v) is 16.5. The molecule has 2 aliphatic rings. The Labute approximate surface area is 166 Å². The number of benzene rings is 2. The number of fused-ring (bicyclic) bond motifs is 2. The fourth-order valence-corrected chi connectivity index (χ4v) is 4.35. The Morgan fingerprint density at radius 1 is 1.18 bits per heavy atom. The Morgan fingerprint density at radius 3 is 2.61 bits per heavy atom. The van der Waals surface area contributed by atoms with Gasteiger partial charge in [-0.15, -0.1) is 0 Å². The molecular formula is C23H27NO4. The van der Waals surface area contributed by atoms with Crippen molar-refractivity contribution in [3.63, 3.8) is 0 Å². The lowest BCUT2D eigenvalue weighted by atomic mass is 9.83. The number of hydrogen-bond acceptors (Lipinski definition) is 5. The number of piperidine rings is 1. The van der Waals surface area contributed by atoms with Crippen LogP contribution in [0.25, 0.3) is 0 Å². The number of carbonyl (C=O) groups is 1. The van der Waals surface area contributed by atoms with Crippen molar-refractivity contribution in [3.8, 4) is 5.75 Å². The van der Waals surface area contributed by atoms with E-state index in [4.69, 9.17) is 14.2 Å². The topological polar surface area (TPSA) is 48.0 Å². The molecule has 2 heterocycles. The molecule has 2 aromatic carbocycles. The van der Waals surface area contributed by atoms with E-state index in [1.165, 1.54) is 5.56 Å². The fraction of sp³-hybridized carbons (Fsp3) is 0.435. The van der Waals surface area contributed by atoms with Gasteiger partial charge in [-0.25, -0.2) is 4.79 Å². The highest BCUT2D eigenvalue weighted by Gasteiger charge is 2.49. The highest BCUT2D eigenvalue weighted by molar-refractivity contribution is 5.78. The summed E-state index contributed by atoms with van der Waals surface area (Å²) in [5, 5.41) is 0. The van der Waals surface area contributed by atoms with Crippen LogP contribution in [-0.2, 0) is 26.4 Å². The van der Waals surface area contributed by atoms with Crippen molar-refractivity contribution < 1.29 is 19.0 Å². The Kier molecular flexibility index (Phi) is 5.38. The number of methoxy groups -OCH3 is 1. The van der Waals surface area contributed by atoms with Crippen LogP contribution in [0.3, 0.4) is 0 Å². The summed E-state index contributed by atoms with van der Waals surface area (Å²) in [6.07, 6.45) is 1.04. The van der Waals surface area contributed by atoms with Gasteiger partial charge in [-0.05, 0) is 43.0 Å². The first-order chi connectivity index (χ1) is 13.6. The summed E-state index contributed by atoms with van der Waals surface area (Å²) in [4.78, 5) is 15.0.